The second-order valence-corrected chi connectivity index (χ2v) is 13.8. The Morgan fingerprint density at radius 3 is 1.89 bits per heavy atom. The van der Waals surface area contributed by atoms with Crippen LogP contribution in [0.15, 0.2) is 167 Å². The highest BCUT2D eigenvalue weighted by atomic mass is 16.3. The van der Waals surface area contributed by atoms with E-state index in [0.29, 0.717) is 17.5 Å². The van der Waals surface area contributed by atoms with Gasteiger partial charge in [0.25, 0.3) is 0 Å². The summed E-state index contributed by atoms with van der Waals surface area (Å²) in [6.07, 6.45) is 6.53. The molecule has 0 amide bonds. The van der Waals surface area contributed by atoms with Crippen LogP contribution in [0.1, 0.15) is 17.5 Å². The van der Waals surface area contributed by atoms with Gasteiger partial charge in [-0.3, -0.25) is 0 Å². The van der Waals surface area contributed by atoms with Crippen LogP contribution in [-0.2, 0) is 6.42 Å². The maximum atomic E-state index is 6.78. The van der Waals surface area contributed by atoms with E-state index in [-0.39, 0.29) is 0 Å². The zero-order chi connectivity index (χ0) is 35.6. The maximum Gasteiger partial charge on any atom is 0.164 e. The third-order valence-electron chi connectivity index (χ3n) is 10.6. The predicted octanol–water partition coefficient (Wildman–Crippen LogP) is 13.0. The smallest absolute Gasteiger partial charge is 0.164 e. The van der Waals surface area contributed by atoms with E-state index in [9.17, 15) is 0 Å². The Balaban J connectivity index is 1.15. The molecular weight excluding hydrogens is 663 g/mol. The van der Waals surface area contributed by atoms with E-state index in [1.54, 1.807) is 0 Å². The summed E-state index contributed by atoms with van der Waals surface area (Å²) < 4.78 is 13.1. The van der Waals surface area contributed by atoms with Crippen LogP contribution in [0.25, 0.3) is 106 Å². The molecule has 1 aliphatic carbocycles. The Labute approximate surface area is 310 Å². The van der Waals surface area contributed by atoms with Crippen molar-refractivity contribution < 1.29 is 8.83 Å². The van der Waals surface area contributed by atoms with Gasteiger partial charge in [-0.1, -0.05) is 127 Å². The molecule has 0 bridgehead atoms. The molecule has 54 heavy (non-hydrogen) atoms. The summed E-state index contributed by atoms with van der Waals surface area (Å²) in [6, 6.07) is 52.3. The molecule has 10 aromatic rings. The molecular formula is C49H31N3O2. The van der Waals surface area contributed by atoms with Crippen LogP contribution >= 0.6 is 0 Å². The number of fused-ring (bicyclic) bond motifs is 7. The van der Waals surface area contributed by atoms with Crippen molar-refractivity contribution in [2.24, 2.45) is 0 Å². The summed E-state index contributed by atoms with van der Waals surface area (Å²) in [4.78, 5) is 15.6. The highest BCUT2D eigenvalue weighted by Gasteiger charge is 2.23. The standard InChI is InChI=1S/C49H31N3O2/c1-2-11-30(12-3-1)32-21-24-33(25-22-32)47-50-48(35-26-23-31-13-4-5-14-34(31)29-35)52-49(51-47)40-28-27-37(46-45(40)39-16-7-9-19-42(39)54-46)36-17-10-20-43-44(36)38-15-6-8-18-41(38)53-43/h1-3,5-12,14-29H,4,13H2. The third-order valence-corrected chi connectivity index (χ3v) is 10.6. The largest absolute Gasteiger partial charge is 0.456 e. The highest BCUT2D eigenvalue weighted by molar-refractivity contribution is 6.20. The van der Waals surface area contributed by atoms with Crippen LogP contribution < -0.4 is 0 Å². The van der Waals surface area contributed by atoms with Crippen LogP contribution in [-0.4, -0.2) is 15.0 Å². The lowest BCUT2D eigenvalue weighted by Crippen LogP contribution is -2.02. The number of hydrogen-bond donors (Lipinski definition) is 0. The molecule has 0 saturated carbocycles. The average molecular weight is 694 g/mol. The SMILES string of the molecule is C1=Cc2cc(-c3nc(-c4ccc(-c5ccccc5)cc4)nc(-c4ccc(-c5cccc6oc7ccccc7c56)c5oc6ccccc6c45)n3)ccc2CC1. The van der Waals surface area contributed by atoms with Crippen molar-refractivity contribution in [3.63, 3.8) is 0 Å². The Kier molecular flexibility index (Phi) is 6.92. The van der Waals surface area contributed by atoms with Gasteiger partial charge in [0.05, 0.1) is 0 Å². The second-order valence-electron chi connectivity index (χ2n) is 13.8. The fourth-order valence-electron chi connectivity index (χ4n) is 7.99. The molecule has 0 spiro atoms. The fourth-order valence-corrected chi connectivity index (χ4v) is 7.99. The van der Waals surface area contributed by atoms with Gasteiger partial charge in [-0.15, -0.1) is 0 Å². The molecule has 5 heteroatoms. The van der Waals surface area contributed by atoms with Gasteiger partial charge in [0.1, 0.15) is 22.3 Å². The number of nitrogens with zero attached hydrogens (tertiary/aromatic N) is 3. The van der Waals surface area contributed by atoms with Gasteiger partial charge in [-0.2, -0.15) is 0 Å². The second kappa shape index (κ2) is 12.2. The molecule has 0 fully saturated rings. The first-order valence-electron chi connectivity index (χ1n) is 18.3. The van der Waals surface area contributed by atoms with Crippen LogP contribution in [0, 0.1) is 0 Å². The molecule has 1 aliphatic rings. The first-order valence-corrected chi connectivity index (χ1v) is 18.3. The lowest BCUT2D eigenvalue weighted by molar-refractivity contribution is 0.668. The Morgan fingerprint density at radius 1 is 0.426 bits per heavy atom. The van der Waals surface area contributed by atoms with E-state index in [4.69, 9.17) is 23.8 Å². The van der Waals surface area contributed by atoms with E-state index in [0.717, 1.165) is 95.7 Å². The average Bonchev–Trinajstić information content (AvgIpc) is 3.83. The number of benzene rings is 7. The van der Waals surface area contributed by atoms with Crippen molar-refractivity contribution in [2.45, 2.75) is 12.8 Å². The summed E-state index contributed by atoms with van der Waals surface area (Å²) in [5.41, 5.74) is 12.9. The van der Waals surface area contributed by atoms with Gasteiger partial charge in [0, 0.05) is 43.8 Å². The zero-order valence-corrected chi connectivity index (χ0v) is 29.2. The third kappa shape index (κ3) is 4.97. The van der Waals surface area contributed by atoms with Gasteiger partial charge >= 0.3 is 0 Å². The summed E-state index contributed by atoms with van der Waals surface area (Å²) in [7, 11) is 0. The van der Waals surface area contributed by atoms with Crippen molar-refractivity contribution in [1.82, 2.24) is 15.0 Å². The molecule has 5 nitrogen and oxygen atoms in total. The summed E-state index contributed by atoms with van der Waals surface area (Å²) >= 11 is 0. The molecule has 0 saturated heterocycles. The predicted molar refractivity (Wildman–Crippen MR) is 219 cm³/mol. The number of furan rings is 2. The molecule has 254 valence electrons. The minimum absolute atomic E-state index is 0.588. The topological polar surface area (TPSA) is 65.0 Å². The number of rotatable bonds is 5. The monoisotopic (exact) mass is 693 g/mol. The molecule has 3 aromatic heterocycles. The van der Waals surface area contributed by atoms with Crippen molar-refractivity contribution in [2.75, 3.05) is 0 Å². The number of aromatic nitrogens is 3. The summed E-state index contributed by atoms with van der Waals surface area (Å²) in [6.45, 7) is 0. The summed E-state index contributed by atoms with van der Waals surface area (Å²) in [5.74, 6) is 1.83. The molecule has 0 aliphatic heterocycles. The van der Waals surface area contributed by atoms with Gasteiger partial charge in [0.2, 0.25) is 0 Å². The van der Waals surface area contributed by atoms with E-state index in [1.807, 2.05) is 42.5 Å². The summed E-state index contributed by atoms with van der Waals surface area (Å²) in [5, 5.41) is 4.10. The molecule has 0 radical (unpaired) electrons. The van der Waals surface area contributed by atoms with E-state index in [1.165, 1.54) is 11.1 Å². The van der Waals surface area contributed by atoms with Gasteiger partial charge in [-0.25, -0.2) is 15.0 Å². The van der Waals surface area contributed by atoms with Crippen molar-refractivity contribution in [1.29, 1.82) is 0 Å². The number of para-hydroxylation sites is 2. The van der Waals surface area contributed by atoms with E-state index < -0.39 is 0 Å². The van der Waals surface area contributed by atoms with E-state index in [2.05, 4.69) is 121 Å². The molecule has 0 unspecified atom stereocenters. The normalized spacial score (nSPS) is 12.6. The van der Waals surface area contributed by atoms with Crippen LogP contribution in [0.3, 0.4) is 0 Å². The fraction of sp³-hybridized carbons (Fsp3) is 0.0408. The van der Waals surface area contributed by atoms with E-state index >= 15 is 0 Å². The van der Waals surface area contributed by atoms with Gasteiger partial charge in [-0.05, 0) is 77.1 Å². The lowest BCUT2D eigenvalue weighted by Gasteiger charge is -2.14. The molecule has 0 atom stereocenters. The van der Waals surface area contributed by atoms with Crippen molar-refractivity contribution >= 4 is 50.0 Å². The first-order chi connectivity index (χ1) is 26.7. The number of aryl methyl sites for hydroxylation is 1. The van der Waals surface area contributed by atoms with Crippen LogP contribution in [0.4, 0.5) is 0 Å². The Morgan fingerprint density at radius 2 is 1.06 bits per heavy atom. The maximum absolute atomic E-state index is 6.78. The molecule has 7 aromatic carbocycles. The quantitative estimate of drug-likeness (QED) is 0.179. The molecule has 11 rings (SSSR count). The van der Waals surface area contributed by atoms with Crippen molar-refractivity contribution in [3.8, 4) is 56.4 Å². The van der Waals surface area contributed by atoms with Crippen molar-refractivity contribution in [3.05, 3.63) is 169 Å². The Bertz CT molecular complexity index is 3100. The molecule has 3 heterocycles. The van der Waals surface area contributed by atoms with Crippen LogP contribution in [0.2, 0.25) is 0 Å². The van der Waals surface area contributed by atoms with Gasteiger partial charge < -0.3 is 8.83 Å². The minimum atomic E-state index is 0.588. The van der Waals surface area contributed by atoms with Crippen LogP contribution in [0.5, 0.6) is 0 Å². The number of hydrogen-bond acceptors (Lipinski definition) is 5. The van der Waals surface area contributed by atoms with Gasteiger partial charge in [0.15, 0.2) is 17.5 Å². The highest BCUT2D eigenvalue weighted by Crippen LogP contribution is 2.45. The molecule has 0 N–H and O–H groups in total. The minimum Gasteiger partial charge on any atom is -0.456 e. The number of allylic oxidation sites excluding steroid dienone is 1. The lowest BCUT2D eigenvalue weighted by atomic mass is 9.94. The zero-order valence-electron chi connectivity index (χ0n) is 29.2. The Hall–Kier alpha value is -7.11. The first kappa shape index (κ1) is 30.5.